The van der Waals surface area contributed by atoms with E-state index in [4.69, 9.17) is 16.3 Å². The lowest BCUT2D eigenvalue weighted by atomic mass is 10.1. The van der Waals surface area contributed by atoms with Gasteiger partial charge in [0.25, 0.3) is 0 Å². The second-order valence-electron chi connectivity index (χ2n) is 7.27. The lowest BCUT2D eigenvalue weighted by Gasteiger charge is -2.11. The highest BCUT2D eigenvalue weighted by molar-refractivity contribution is 6.29. The van der Waals surface area contributed by atoms with Crippen molar-refractivity contribution in [1.29, 1.82) is 0 Å². The van der Waals surface area contributed by atoms with Crippen LogP contribution < -0.4 is 4.74 Å². The highest BCUT2D eigenvalue weighted by atomic mass is 35.5. The Morgan fingerprint density at radius 1 is 1.10 bits per heavy atom. The van der Waals surface area contributed by atoms with Crippen molar-refractivity contribution < 1.29 is 14.6 Å². The molecule has 0 bridgehead atoms. The number of aromatic nitrogens is 3. The summed E-state index contributed by atoms with van der Waals surface area (Å²) < 4.78 is 7.13. The molecule has 0 aliphatic rings. The normalized spacial score (nSPS) is 11.4. The molecule has 7 heteroatoms. The predicted octanol–water partition coefficient (Wildman–Crippen LogP) is 5.27. The summed E-state index contributed by atoms with van der Waals surface area (Å²) in [7, 11) is 0. The lowest BCUT2D eigenvalue weighted by Crippen LogP contribution is -2.12. The van der Waals surface area contributed by atoms with Crippen LogP contribution in [0.1, 0.15) is 26.7 Å². The van der Waals surface area contributed by atoms with Gasteiger partial charge in [-0.3, -0.25) is 4.79 Å². The van der Waals surface area contributed by atoms with Crippen molar-refractivity contribution >= 4 is 39.4 Å². The van der Waals surface area contributed by atoms with E-state index in [-0.39, 0.29) is 17.7 Å². The molecule has 0 aliphatic heterocycles. The van der Waals surface area contributed by atoms with E-state index in [0.29, 0.717) is 39.7 Å². The van der Waals surface area contributed by atoms with Gasteiger partial charge in [0.15, 0.2) is 5.65 Å². The van der Waals surface area contributed by atoms with E-state index in [0.717, 1.165) is 11.8 Å². The summed E-state index contributed by atoms with van der Waals surface area (Å²) in [6.07, 6.45) is 1.01. The number of esters is 1. The molecule has 0 amide bonds. The first-order chi connectivity index (χ1) is 13.9. The Balaban J connectivity index is 1.85. The van der Waals surface area contributed by atoms with Crippen LogP contribution in [0.25, 0.3) is 27.6 Å². The van der Waals surface area contributed by atoms with E-state index in [1.807, 2.05) is 38.1 Å². The second-order valence-corrected chi connectivity index (χ2v) is 7.65. The van der Waals surface area contributed by atoms with Crippen molar-refractivity contribution in [1.82, 2.24) is 14.5 Å². The molecule has 0 aliphatic carbocycles. The minimum absolute atomic E-state index is 0.0545. The monoisotopic (exact) mass is 409 g/mol. The van der Waals surface area contributed by atoms with Crippen LogP contribution in [0.3, 0.4) is 0 Å². The van der Waals surface area contributed by atoms with Crippen LogP contribution in [-0.4, -0.2) is 25.6 Å². The van der Waals surface area contributed by atoms with Crippen LogP contribution in [0.15, 0.2) is 48.5 Å². The second kappa shape index (κ2) is 7.72. The van der Waals surface area contributed by atoms with Gasteiger partial charge in [0, 0.05) is 22.6 Å². The SMILES string of the molecule is CC(C)CCC(=O)Oc1c2ccccc2c(O)n1-c1ccc2ccc(Cl)nc2n1. The molecular formula is C22H20ClN3O3. The zero-order valence-electron chi connectivity index (χ0n) is 16.1. The number of rotatable bonds is 5. The first-order valence-electron chi connectivity index (χ1n) is 9.41. The molecule has 0 unspecified atom stereocenters. The Morgan fingerprint density at radius 2 is 1.83 bits per heavy atom. The number of fused-ring (bicyclic) bond motifs is 2. The molecule has 4 aromatic rings. The fourth-order valence-electron chi connectivity index (χ4n) is 3.17. The third kappa shape index (κ3) is 3.76. The molecule has 29 heavy (non-hydrogen) atoms. The Bertz CT molecular complexity index is 1220. The maximum Gasteiger partial charge on any atom is 0.312 e. The summed E-state index contributed by atoms with van der Waals surface area (Å²) in [5.41, 5.74) is 0.434. The quantitative estimate of drug-likeness (QED) is 0.358. The number of carbonyl (C=O) groups is 1. The van der Waals surface area contributed by atoms with Gasteiger partial charge in [-0.25, -0.2) is 14.5 Å². The minimum atomic E-state index is -0.356. The molecule has 3 aromatic heterocycles. The number of nitrogens with zero attached hydrogens (tertiary/aromatic N) is 3. The minimum Gasteiger partial charge on any atom is -0.494 e. The standard InChI is InChI=1S/C22H20ClN3O3/c1-13(2)7-12-19(27)29-22-16-6-4-3-5-15(16)21(28)26(22)18-11-9-14-8-10-17(23)24-20(14)25-18/h3-6,8-11,13,28H,7,12H2,1-2H3. The summed E-state index contributed by atoms with van der Waals surface area (Å²) in [5.74, 6) is 0.595. The summed E-state index contributed by atoms with van der Waals surface area (Å²) in [6.45, 7) is 4.10. The van der Waals surface area contributed by atoms with Gasteiger partial charge in [-0.2, -0.15) is 0 Å². The Kier molecular flexibility index (Phi) is 5.11. The molecule has 0 atom stereocenters. The van der Waals surface area contributed by atoms with E-state index in [2.05, 4.69) is 9.97 Å². The Morgan fingerprint density at radius 3 is 2.59 bits per heavy atom. The summed E-state index contributed by atoms with van der Waals surface area (Å²) in [6, 6.07) is 14.3. The largest absolute Gasteiger partial charge is 0.494 e. The van der Waals surface area contributed by atoms with Gasteiger partial charge in [0.2, 0.25) is 11.8 Å². The van der Waals surface area contributed by atoms with E-state index in [1.165, 1.54) is 4.57 Å². The molecule has 0 fully saturated rings. The number of halogens is 1. The molecule has 0 saturated heterocycles. The average Bonchev–Trinajstić information content (AvgIpc) is 2.98. The fraction of sp³-hybridized carbons (Fsp3) is 0.227. The number of hydrogen-bond acceptors (Lipinski definition) is 5. The lowest BCUT2D eigenvalue weighted by molar-refractivity contribution is -0.134. The van der Waals surface area contributed by atoms with Gasteiger partial charge >= 0.3 is 5.97 Å². The van der Waals surface area contributed by atoms with Crippen LogP contribution >= 0.6 is 11.6 Å². The molecule has 148 valence electrons. The Hall–Kier alpha value is -3.12. The molecule has 0 radical (unpaired) electrons. The van der Waals surface area contributed by atoms with Crippen LogP contribution in [0.4, 0.5) is 0 Å². The van der Waals surface area contributed by atoms with Gasteiger partial charge in [-0.05, 0) is 48.7 Å². The van der Waals surface area contributed by atoms with E-state index < -0.39 is 0 Å². The van der Waals surface area contributed by atoms with Crippen molar-refractivity contribution in [3.8, 4) is 17.6 Å². The molecule has 3 heterocycles. The molecule has 1 N–H and O–H groups in total. The van der Waals surface area contributed by atoms with Crippen LogP contribution in [-0.2, 0) is 4.79 Å². The molecule has 6 nitrogen and oxygen atoms in total. The number of carbonyl (C=O) groups excluding carboxylic acids is 1. The summed E-state index contributed by atoms with van der Waals surface area (Å²) in [5, 5.41) is 13.2. The van der Waals surface area contributed by atoms with Gasteiger partial charge < -0.3 is 9.84 Å². The highest BCUT2D eigenvalue weighted by Gasteiger charge is 2.22. The molecular weight excluding hydrogens is 390 g/mol. The van der Waals surface area contributed by atoms with Crippen molar-refractivity contribution in [3.63, 3.8) is 0 Å². The molecule has 0 spiro atoms. The topological polar surface area (TPSA) is 77.2 Å². The van der Waals surface area contributed by atoms with Crippen LogP contribution in [0.5, 0.6) is 11.8 Å². The van der Waals surface area contributed by atoms with E-state index in [9.17, 15) is 9.90 Å². The van der Waals surface area contributed by atoms with Gasteiger partial charge in [-0.1, -0.05) is 37.6 Å². The number of hydrogen-bond donors (Lipinski definition) is 1. The maximum absolute atomic E-state index is 12.4. The number of ether oxygens (including phenoxy) is 1. The Labute approximate surface area is 172 Å². The third-order valence-electron chi connectivity index (χ3n) is 4.68. The third-order valence-corrected chi connectivity index (χ3v) is 4.89. The summed E-state index contributed by atoms with van der Waals surface area (Å²) in [4.78, 5) is 21.2. The van der Waals surface area contributed by atoms with Crippen molar-refractivity contribution in [2.75, 3.05) is 0 Å². The average molecular weight is 410 g/mol. The maximum atomic E-state index is 12.4. The van der Waals surface area contributed by atoms with Gasteiger partial charge in [0.1, 0.15) is 11.0 Å². The zero-order valence-corrected chi connectivity index (χ0v) is 16.8. The number of benzene rings is 1. The van der Waals surface area contributed by atoms with Crippen LogP contribution in [0.2, 0.25) is 5.15 Å². The van der Waals surface area contributed by atoms with E-state index >= 15 is 0 Å². The number of pyridine rings is 2. The summed E-state index contributed by atoms with van der Waals surface area (Å²) >= 11 is 6.00. The highest BCUT2D eigenvalue weighted by Crippen LogP contribution is 2.39. The first-order valence-corrected chi connectivity index (χ1v) is 9.78. The fourth-order valence-corrected chi connectivity index (χ4v) is 3.31. The van der Waals surface area contributed by atoms with Crippen molar-refractivity contribution in [2.45, 2.75) is 26.7 Å². The van der Waals surface area contributed by atoms with Gasteiger partial charge in [-0.15, -0.1) is 0 Å². The van der Waals surface area contributed by atoms with Crippen molar-refractivity contribution in [3.05, 3.63) is 53.7 Å². The number of aromatic hydroxyl groups is 1. The predicted molar refractivity (Wildman–Crippen MR) is 113 cm³/mol. The molecule has 0 saturated carbocycles. The van der Waals surface area contributed by atoms with Crippen molar-refractivity contribution in [2.24, 2.45) is 5.92 Å². The van der Waals surface area contributed by atoms with Gasteiger partial charge in [0.05, 0.1) is 0 Å². The van der Waals surface area contributed by atoms with E-state index in [1.54, 1.807) is 24.3 Å². The van der Waals surface area contributed by atoms with Crippen LogP contribution in [0, 0.1) is 5.92 Å². The molecule has 1 aromatic carbocycles. The zero-order chi connectivity index (χ0) is 20.5. The first kappa shape index (κ1) is 19.2. The molecule has 4 rings (SSSR count). The smallest absolute Gasteiger partial charge is 0.312 e.